The van der Waals surface area contributed by atoms with Gasteiger partial charge in [-0.05, 0) is 44.4 Å². The van der Waals surface area contributed by atoms with Crippen molar-refractivity contribution in [2.45, 2.75) is 29.1 Å². The highest BCUT2D eigenvalue weighted by atomic mass is 127. The fraction of sp³-hybridized carbons (Fsp3) is 0.500. The van der Waals surface area contributed by atoms with Crippen molar-refractivity contribution in [3.05, 3.63) is 28.6 Å². The first kappa shape index (κ1) is 10.1. The first-order valence-electron chi connectivity index (χ1n) is 4.65. The van der Waals surface area contributed by atoms with Gasteiger partial charge in [0.1, 0.15) is 0 Å². The summed E-state index contributed by atoms with van der Waals surface area (Å²) in [5, 5.41) is 0. The second-order valence-corrected chi connectivity index (χ2v) is 8.50. The maximum Gasteiger partial charge on any atom is 0.0666 e. The Kier molecular flexibility index (Phi) is 3.83. The zero-order valence-electron chi connectivity index (χ0n) is 8.99. The Hall–Kier alpha value is 0.610. The minimum Gasteiger partial charge on any atom is -0.258 e. The van der Waals surface area contributed by atoms with Crippen molar-refractivity contribution in [2.75, 3.05) is 0 Å². The van der Waals surface area contributed by atoms with Crippen molar-refractivity contribution in [3.63, 3.8) is 0 Å². The highest BCUT2D eigenvalue weighted by Crippen LogP contribution is 2.21. The van der Waals surface area contributed by atoms with Crippen LogP contribution in [0.5, 0.6) is 0 Å². The smallest absolute Gasteiger partial charge is 0.0666 e. The van der Waals surface area contributed by atoms with Gasteiger partial charge in [-0.2, -0.15) is 0 Å². The Balaban J connectivity index is 3.25. The van der Waals surface area contributed by atoms with Crippen LogP contribution in [0.1, 0.15) is 23.9 Å². The predicted molar refractivity (Wildman–Crippen MR) is 74.0 cm³/mol. The average Bonchev–Trinajstić information content (AvgIpc) is 2.09. The Bertz CT molecular complexity index is 324. The number of hydrogen-bond acceptors (Lipinski definition) is 1. The molecule has 13 heavy (non-hydrogen) atoms. The molecule has 0 aromatic carbocycles. The van der Waals surface area contributed by atoms with Crippen LogP contribution in [0, 0.1) is 20.8 Å². The van der Waals surface area contributed by atoms with Gasteiger partial charge in [0.25, 0.3) is 0 Å². The third kappa shape index (κ3) is 3.34. The van der Waals surface area contributed by atoms with Gasteiger partial charge in [0.05, 0.1) is 3.30 Å². The minimum atomic E-state index is 0.536. The molecule has 0 saturated heterocycles. The lowest BCUT2D eigenvalue weighted by molar-refractivity contribution is 1.02. The van der Waals surface area contributed by atoms with Crippen LogP contribution < -0.4 is 0 Å². The molecule has 0 unspecified atom stereocenters. The molecule has 1 aromatic rings. The van der Waals surface area contributed by atoms with E-state index in [0.29, 0.717) is 7.97 Å². The molecule has 1 heterocycles. The lowest BCUT2D eigenvalue weighted by atomic mass is 10.1. The molecule has 0 atom stereocenters. The molecule has 0 aliphatic rings. The van der Waals surface area contributed by atoms with E-state index < -0.39 is 0 Å². The molecule has 0 aliphatic heterocycles. The van der Waals surface area contributed by atoms with Crippen molar-refractivity contribution in [1.29, 1.82) is 0 Å². The van der Waals surface area contributed by atoms with Crippen LogP contribution in [0.15, 0.2) is 6.04 Å². The fourth-order valence-electron chi connectivity index (χ4n) is 1.25. The van der Waals surface area contributed by atoms with E-state index in [-0.39, 0.29) is 0 Å². The Morgan fingerprint density at radius 3 is 2.62 bits per heavy atom. The summed E-state index contributed by atoms with van der Waals surface area (Å²) in [6, 6.07) is 0.617. The van der Waals surface area contributed by atoms with E-state index in [1.54, 1.807) is 0 Å². The first-order valence-corrected chi connectivity index (χ1v) is 6.64. The summed E-state index contributed by atoms with van der Waals surface area (Å²) < 4.78 is 8.49. The van der Waals surface area contributed by atoms with E-state index >= 15 is 0 Å². The molecule has 1 aromatic heterocycles. The average molecular weight is 402 g/mol. The Morgan fingerprint density at radius 1 is 1.46 bits per heavy atom. The number of pyridine rings is 1. The Morgan fingerprint density at radius 2 is 2.08 bits per heavy atom. The summed E-state index contributed by atoms with van der Waals surface area (Å²) in [7, 11) is 0. The van der Waals surface area contributed by atoms with Crippen LogP contribution in [0.3, 0.4) is 0 Å². The van der Waals surface area contributed by atoms with Crippen molar-refractivity contribution >= 4 is 45.2 Å². The molecule has 0 bridgehead atoms. The number of hydrogen-bond donors (Lipinski definition) is 0. The van der Waals surface area contributed by atoms with E-state index in [1.807, 2.05) is 13.8 Å². The predicted octanol–water partition coefficient (Wildman–Crippen LogP) is 3.75. The number of rotatable bonds is 2. The fourth-order valence-corrected chi connectivity index (χ4v) is 2.13. The summed E-state index contributed by atoms with van der Waals surface area (Å²) in [5.41, 5.74) is 4.24. The van der Waals surface area contributed by atoms with Crippen LogP contribution in [0.2, 0.25) is 0 Å². The molecule has 0 aliphatic carbocycles. The highest BCUT2D eigenvalue weighted by Gasteiger charge is 2.06. The molecule has 0 saturated carbocycles. The van der Waals surface area contributed by atoms with E-state index in [2.05, 4.69) is 57.1 Å². The summed E-state index contributed by atoms with van der Waals surface area (Å²) >= 11 is 4.77. The standard InChI is InChI=1S/C10H13I2N/c1-6-4-9(5-10(11)12)7(2)8(3)13-6/h4,10H,5H2,1-3H3/i4D. The second-order valence-electron chi connectivity index (χ2n) is 3.11. The number of halogens is 2. The molecule has 72 valence electrons. The minimum absolute atomic E-state index is 0.536. The molecule has 1 rings (SSSR count). The third-order valence-corrected chi connectivity index (χ3v) is 2.90. The van der Waals surface area contributed by atoms with E-state index in [9.17, 15) is 0 Å². The molecular weight excluding hydrogens is 388 g/mol. The van der Waals surface area contributed by atoms with Crippen molar-refractivity contribution in [3.8, 4) is 0 Å². The number of alkyl halides is 2. The van der Waals surface area contributed by atoms with E-state index in [0.717, 1.165) is 23.4 Å². The maximum absolute atomic E-state index is 7.96. The van der Waals surface area contributed by atoms with Crippen molar-refractivity contribution < 1.29 is 1.37 Å². The summed E-state index contributed by atoms with van der Waals surface area (Å²) in [4.78, 5) is 4.35. The van der Waals surface area contributed by atoms with Crippen LogP contribution in [-0.2, 0) is 6.42 Å². The van der Waals surface area contributed by atoms with Gasteiger partial charge < -0.3 is 0 Å². The molecule has 3 heteroatoms. The largest absolute Gasteiger partial charge is 0.258 e. The van der Waals surface area contributed by atoms with Gasteiger partial charge in [-0.1, -0.05) is 45.2 Å². The lowest BCUT2D eigenvalue weighted by Crippen LogP contribution is -2.01. The molecule has 0 radical (unpaired) electrons. The molecular formula is C10H13I2N. The maximum atomic E-state index is 7.96. The molecule has 0 fully saturated rings. The van der Waals surface area contributed by atoms with Gasteiger partial charge >= 0.3 is 0 Å². The Labute approximate surface area is 108 Å². The third-order valence-electron chi connectivity index (χ3n) is 2.02. The van der Waals surface area contributed by atoms with E-state index in [1.165, 1.54) is 5.56 Å². The quantitative estimate of drug-likeness (QED) is 0.543. The van der Waals surface area contributed by atoms with Crippen LogP contribution >= 0.6 is 45.2 Å². The molecule has 0 amide bonds. The van der Waals surface area contributed by atoms with Gasteiger partial charge in [0.15, 0.2) is 0 Å². The summed E-state index contributed by atoms with van der Waals surface area (Å²) in [5.74, 6) is 0. The second kappa shape index (κ2) is 4.91. The lowest BCUT2D eigenvalue weighted by Gasteiger charge is -2.10. The van der Waals surface area contributed by atoms with Crippen molar-refractivity contribution in [1.82, 2.24) is 4.98 Å². The number of aromatic nitrogens is 1. The van der Waals surface area contributed by atoms with Gasteiger partial charge in [0, 0.05) is 11.4 Å². The van der Waals surface area contributed by atoms with Crippen LogP contribution in [0.4, 0.5) is 0 Å². The molecule has 1 nitrogen and oxygen atoms in total. The number of aryl methyl sites for hydroxylation is 2. The van der Waals surface area contributed by atoms with Gasteiger partial charge in [-0.15, -0.1) is 0 Å². The van der Waals surface area contributed by atoms with Gasteiger partial charge in [-0.25, -0.2) is 0 Å². The van der Waals surface area contributed by atoms with E-state index in [4.69, 9.17) is 1.37 Å². The summed E-state index contributed by atoms with van der Waals surface area (Å²) in [6.07, 6.45) is 0.954. The monoisotopic (exact) mass is 402 g/mol. The van der Waals surface area contributed by atoms with Crippen molar-refractivity contribution in [2.24, 2.45) is 0 Å². The summed E-state index contributed by atoms with van der Waals surface area (Å²) in [6.45, 7) is 5.99. The van der Waals surface area contributed by atoms with Crippen LogP contribution in [-0.4, -0.2) is 6.92 Å². The SMILES string of the molecule is [2H]c1c(C)nc(C)c(C)c1CC(I)I. The van der Waals surface area contributed by atoms with Gasteiger partial charge in [-0.3, -0.25) is 4.98 Å². The zero-order chi connectivity index (χ0) is 10.9. The number of nitrogens with zero attached hydrogens (tertiary/aromatic N) is 1. The normalized spacial score (nSPS) is 12.0. The van der Waals surface area contributed by atoms with Crippen LogP contribution in [0.25, 0.3) is 0 Å². The molecule has 0 N–H and O–H groups in total. The zero-order valence-corrected chi connectivity index (χ0v) is 12.3. The highest BCUT2D eigenvalue weighted by molar-refractivity contribution is 14.2. The molecule has 0 spiro atoms. The van der Waals surface area contributed by atoms with Gasteiger partial charge in [0.2, 0.25) is 0 Å². The first-order chi connectivity index (χ1) is 6.43. The topological polar surface area (TPSA) is 12.9 Å².